The van der Waals surface area contributed by atoms with E-state index in [0.717, 1.165) is 12.8 Å². The van der Waals surface area contributed by atoms with Gasteiger partial charge in [0.25, 0.3) is 0 Å². The van der Waals surface area contributed by atoms with E-state index in [1.165, 1.54) is 57.8 Å². The summed E-state index contributed by atoms with van der Waals surface area (Å²) < 4.78 is 4.90. The smallest absolute Gasteiger partial charge is 0.305 e. The van der Waals surface area contributed by atoms with Crippen LogP contribution in [0.2, 0.25) is 0 Å². The van der Waals surface area contributed by atoms with Crippen LogP contribution in [-0.4, -0.2) is 12.6 Å². The highest BCUT2D eigenvalue weighted by Crippen LogP contribution is 2.09. The summed E-state index contributed by atoms with van der Waals surface area (Å²) in [4.78, 5) is 11.1. The molecule has 20 heavy (non-hydrogen) atoms. The Morgan fingerprint density at radius 2 is 1.35 bits per heavy atom. The molecular weight excluding hydrogens is 248 g/mol. The molecule has 0 heterocycles. The minimum Gasteiger partial charge on any atom is -0.466 e. The second-order valence-electron chi connectivity index (χ2n) is 5.43. The zero-order valence-corrected chi connectivity index (χ0v) is 13.7. The summed E-state index contributed by atoms with van der Waals surface area (Å²) in [5.41, 5.74) is 0. The van der Waals surface area contributed by atoms with Gasteiger partial charge in [-0.25, -0.2) is 0 Å². The van der Waals surface area contributed by atoms with Crippen LogP contribution in [0.1, 0.15) is 90.9 Å². The van der Waals surface area contributed by atoms with Gasteiger partial charge in [-0.05, 0) is 39.0 Å². The molecule has 0 aliphatic carbocycles. The monoisotopic (exact) mass is 282 g/mol. The summed E-state index contributed by atoms with van der Waals surface area (Å²) in [5.74, 6) is -0.0430. The number of ether oxygens (including phenoxy) is 1. The van der Waals surface area contributed by atoms with Crippen molar-refractivity contribution in [2.75, 3.05) is 6.61 Å². The predicted molar refractivity (Wildman–Crippen MR) is 86.9 cm³/mol. The van der Waals surface area contributed by atoms with Crippen LogP contribution in [0, 0.1) is 0 Å². The van der Waals surface area contributed by atoms with Gasteiger partial charge >= 0.3 is 5.97 Å². The van der Waals surface area contributed by atoms with Gasteiger partial charge in [-0.2, -0.15) is 0 Å². The van der Waals surface area contributed by atoms with Crippen LogP contribution in [0.25, 0.3) is 0 Å². The third kappa shape index (κ3) is 15.3. The standard InChI is InChI=1S/C18H34O2/c1-3-5-6-7-8-9-10-11-12-13-14-15-16-17-18(19)20-4-2/h9-10H,3-8,11-17H2,1-2H3. The average Bonchev–Trinajstić information content (AvgIpc) is 2.44. The molecule has 0 unspecified atom stereocenters. The quantitative estimate of drug-likeness (QED) is 0.228. The molecule has 0 aromatic heterocycles. The maximum absolute atomic E-state index is 11.1. The van der Waals surface area contributed by atoms with E-state index in [1.54, 1.807) is 0 Å². The fraction of sp³-hybridized carbons (Fsp3) is 0.833. The Morgan fingerprint density at radius 3 is 1.95 bits per heavy atom. The van der Waals surface area contributed by atoms with Crippen LogP contribution in [0.3, 0.4) is 0 Å². The Labute approximate surface area is 126 Å². The van der Waals surface area contributed by atoms with Crippen molar-refractivity contribution in [2.24, 2.45) is 0 Å². The predicted octanol–water partition coefficient (Wildman–Crippen LogP) is 5.81. The van der Waals surface area contributed by atoms with Crippen molar-refractivity contribution in [1.29, 1.82) is 0 Å². The lowest BCUT2D eigenvalue weighted by molar-refractivity contribution is -0.143. The lowest BCUT2D eigenvalue weighted by Crippen LogP contribution is -2.03. The third-order valence-electron chi connectivity index (χ3n) is 3.45. The van der Waals surface area contributed by atoms with Gasteiger partial charge < -0.3 is 4.74 Å². The van der Waals surface area contributed by atoms with Crippen LogP contribution in [-0.2, 0) is 9.53 Å². The Morgan fingerprint density at radius 1 is 0.800 bits per heavy atom. The van der Waals surface area contributed by atoms with Gasteiger partial charge in [0, 0.05) is 6.42 Å². The number of allylic oxidation sites excluding steroid dienone is 2. The van der Waals surface area contributed by atoms with Gasteiger partial charge in [-0.3, -0.25) is 4.79 Å². The first-order valence-corrected chi connectivity index (χ1v) is 8.61. The van der Waals surface area contributed by atoms with Crippen LogP contribution in [0.4, 0.5) is 0 Å². The number of carbonyl (C=O) groups excluding carboxylic acids is 1. The number of carbonyl (C=O) groups is 1. The van der Waals surface area contributed by atoms with Crippen molar-refractivity contribution in [2.45, 2.75) is 90.9 Å². The molecule has 118 valence electrons. The van der Waals surface area contributed by atoms with Gasteiger partial charge in [0.15, 0.2) is 0 Å². The number of unbranched alkanes of at least 4 members (excludes halogenated alkanes) is 9. The number of esters is 1. The largest absolute Gasteiger partial charge is 0.466 e. The summed E-state index contributed by atoms with van der Waals surface area (Å²) >= 11 is 0. The van der Waals surface area contributed by atoms with Gasteiger partial charge in [-0.15, -0.1) is 0 Å². The Kier molecular flexibility index (Phi) is 15.6. The zero-order valence-electron chi connectivity index (χ0n) is 13.7. The van der Waals surface area contributed by atoms with Crippen molar-refractivity contribution in [3.05, 3.63) is 12.2 Å². The van der Waals surface area contributed by atoms with E-state index in [1.807, 2.05) is 6.92 Å². The SMILES string of the molecule is CCCCCCC=CCCCCCCCC(=O)OCC. The topological polar surface area (TPSA) is 26.3 Å². The normalized spacial score (nSPS) is 11.1. The van der Waals surface area contributed by atoms with Crippen molar-refractivity contribution < 1.29 is 9.53 Å². The van der Waals surface area contributed by atoms with Gasteiger partial charge in [0.1, 0.15) is 0 Å². The zero-order chi connectivity index (χ0) is 14.9. The van der Waals surface area contributed by atoms with E-state index in [-0.39, 0.29) is 5.97 Å². The fourth-order valence-corrected chi connectivity index (χ4v) is 2.22. The number of hydrogen-bond donors (Lipinski definition) is 0. The van der Waals surface area contributed by atoms with Crippen LogP contribution in [0.15, 0.2) is 12.2 Å². The molecule has 0 aromatic carbocycles. The molecule has 0 atom stereocenters. The first kappa shape index (κ1) is 19.2. The molecule has 0 spiro atoms. The maximum Gasteiger partial charge on any atom is 0.305 e. The summed E-state index contributed by atoms with van der Waals surface area (Å²) in [6.45, 7) is 4.61. The molecule has 0 fully saturated rings. The summed E-state index contributed by atoms with van der Waals surface area (Å²) in [5, 5.41) is 0. The van der Waals surface area contributed by atoms with E-state index in [2.05, 4.69) is 19.1 Å². The van der Waals surface area contributed by atoms with Crippen molar-refractivity contribution >= 4 is 5.97 Å². The first-order valence-electron chi connectivity index (χ1n) is 8.61. The summed E-state index contributed by atoms with van der Waals surface area (Å²) in [6, 6.07) is 0. The highest BCUT2D eigenvalue weighted by Gasteiger charge is 2.00. The van der Waals surface area contributed by atoms with E-state index in [4.69, 9.17) is 4.74 Å². The number of hydrogen-bond acceptors (Lipinski definition) is 2. The van der Waals surface area contributed by atoms with Gasteiger partial charge in [0.05, 0.1) is 6.61 Å². The highest BCUT2D eigenvalue weighted by atomic mass is 16.5. The van der Waals surface area contributed by atoms with Crippen molar-refractivity contribution in [1.82, 2.24) is 0 Å². The van der Waals surface area contributed by atoms with E-state index in [0.29, 0.717) is 13.0 Å². The molecule has 2 nitrogen and oxygen atoms in total. The molecule has 2 heteroatoms. The second kappa shape index (κ2) is 16.3. The van der Waals surface area contributed by atoms with E-state index < -0.39 is 0 Å². The molecule has 0 bridgehead atoms. The Hall–Kier alpha value is -0.790. The number of rotatable bonds is 14. The summed E-state index contributed by atoms with van der Waals surface area (Å²) in [6.07, 6.45) is 19.1. The van der Waals surface area contributed by atoms with Gasteiger partial charge in [0.2, 0.25) is 0 Å². The molecule has 0 amide bonds. The van der Waals surface area contributed by atoms with Crippen LogP contribution >= 0.6 is 0 Å². The molecule has 0 aliphatic rings. The molecule has 0 saturated carbocycles. The van der Waals surface area contributed by atoms with Crippen LogP contribution < -0.4 is 0 Å². The molecule has 0 aliphatic heterocycles. The average molecular weight is 282 g/mol. The van der Waals surface area contributed by atoms with Gasteiger partial charge in [-0.1, -0.05) is 57.6 Å². The Balaban J connectivity index is 3.12. The second-order valence-corrected chi connectivity index (χ2v) is 5.43. The molecule has 0 saturated heterocycles. The van der Waals surface area contributed by atoms with E-state index >= 15 is 0 Å². The van der Waals surface area contributed by atoms with E-state index in [9.17, 15) is 4.79 Å². The minimum absolute atomic E-state index is 0.0430. The molecule has 0 radical (unpaired) electrons. The fourth-order valence-electron chi connectivity index (χ4n) is 2.22. The Bertz CT molecular complexity index is 234. The molecule has 0 rings (SSSR count). The van der Waals surface area contributed by atoms with Crippen molar-refractivity contribution in [3.63, 3.8) is 0 Å². The maximum atomic E-state index is 11.1. The first-order chi connectivity index (χ1) is 9.81. The lowest BCUT2D eigenvalue weighted by atomic mass is 10.1. The van der Waals surface area contributed by atoms with Crippen LogP contribution in [0.5, 0.6) is 0 Å². The lowest BCUT2D eigenvalue weighted by Gasteiger charge is -2.01. The molecule has 0 aromatic rings. The molecule has 0 N–H and O–H groups in total. The minimum atomic E-state index is -0.0430. The highest BCUT2D eigenvalue weighted by molar-refractivity contribution is 5.69. The summed E-state index contributed by atoms with van der Waals surface area (Å²) in [7, 11) is 0. The van der Waals surface area contributed by atoms with Crippen molar-refractivity contribution in [3.8, 4) is 0 Å². The third-order valence-corrected chi connectivity index (χ3v) is 3.45. The molecular formula is C18H34O2.